The maximum atomic E-state index is 13.1. The largest absolute Gasteiger partial charge is 0.508 e. The smallest absolute Gasteiger partial charge is 0.308 e. The van der Waals surface area contributed by atoms with E-state index in [-0.39, 0.29) is 49.4 Å². The Morgan fingerprint density at radius 3 is 1.31 bits per heavy atom. The van der Waals surface area contributed by atoms with Crippen LogP contribution >= 0.6 is 0 Å². The first-order valence-electron chi connectivity index (χ1n) is 20.3. The predicted octanol–water partition coefficient (Wildman–Crippen LogP) is 10.4. The monoisotopic (exact) mass is 826 g/mol. The summed E-state index contributed by atoms with van der Waals surface area (Å²) in [7, 11) is 0. The quantitative estimate of drug-likeness (QED) is 0.0850. The van der Waals surface area contributed by atoms with Gasteiger partial charge in [0.25, 0.3) is 11.8 Å². The minimum atomic E-state index is -0.528. The van der Waals surface area contributed by atoms with Crippen LogP contribution in [-0.2, 0) is 26.5 Å². The van der Waals surface area contributed by atoms with Crippen LogP contribution in [0.15, 0.2) is 94.8 Å². The molecule has 0 bridgehead atoms. The van der Waals surface area contributed by atoms with Gasteiger partial charge in [-0.15, -0.1) is 0 Å². The van der Waals surface area contributed by atoms with Gasteiger partial charge < -0.3 is 30.4 Å². The van der Waals surface area contributed by atoms with Crippen LogP contribution in [0.25, 0.3) is 21.8 Å². The number of phenolic OH excluding ortho intramolecular Hbond substituents is 1. The number of aromatic amines is 2. The van der Waals surface area contributed by atoms with E-state index in [0.717, 1.165) is 22.3 Å². The van der Waals surface area contributed by atoms with Gasteiger partial charge in [-0.2, -0.15) is 0 Å². The van der Waals surface area contributed by atoms with E-state index >= 15 is 0 Å². The van der Waals surface area contributed by atoms with Crippen molar-refractivity contribution in [3.8, 4) is 11.5 Å². The molecule has 2 aromatic heterocycles. The SMILES string of the molecule is CC(=O)Oc1cc(NC(=O)c2c[nH]c3ccccc3c2=O)c(C(C)(C)C)cc1C(C)(C)C.CC(C)(C)c1cc(C(C)(C)C)c(NC(=O)c2c[nH]c3ccccc3c2=O)cc1O. The number of phenols is 1. The van der Waals surface area contributed by atoms with Crippen molar-refractivity contribution in [1.29, 1.82) is 0 Å². The zero-order valence-corrected chi connectivity index (χ0v) is 37.5. The number of carbonyl (C=O) groups excluding carboxylic acids is 3. The number of amides is 2. The Bertz CT molecular complexity index is 2790. The molecule has 2 heterocycles. The molecule has 4 aromatic carbocycles. The highest BCUT2D eigenvalue weighted by Gasteiger charge is 2.29. The Hall–Kier alpha value is -6.49. The van der Waals surface area contributed by atoms with E-state index in [1.54, 1.807) is 48.5 Å². The molecule has 0 aliphatic heterocycles. The zero-order chi connectivity index (χ0) is 45.4. The van der Waals surface area contributed by atoms with Crippen molar-refractivity contribution in [2.75, 3.05) is 10.6 Å². The van der Waals surface area contributed by atoms with Crippen LogP contribution in [0.5, 0.6) is 11.5 Å². The van der Waals surface area contributed by atoms with Gasteiger partial charge in [0.2, 0.25) is 10.9 Å². The van der Waals surface area contributed by atoms with E-state index in [2.05, 4.69) is 20.6 Å². The minimum absolute atomic E-state index is 0.0116. The summed E-state index contributed by atoms with van der Waals surface area (Å²) in [6.45, 7) is 25.8. The number of rotatable bonds is 5. The van der Waals surface area contributed by atoms with E-state index in [0.29, 0.717) is 38.9 Å². The zero-order valence-electron chi connectivity index (χ0n) is 37.5. The minimum Gasteiger partial charge on any atom is -0.508 e. The molecule has 6 aromatic rings. The van der Waals surface area contributed by atoms with Gasteiger partial charge in [0.15, 0.2) is 0 Å². The van der Waals surface area contributed by atoms with Gasteiger partial charge in [0.05, 0.1) is 0 Å². The van der Waals surface area contributed by atoms with Crippen LogP contribution < -0.4 is 26.2 Å². The van der Waals surface area contributed by atoms with Crippen molar-refractivity contribution in [3.63, 3.8) is 0 Å². The van der Waals surface area contributed by atoms with Crippen LogP contribution in [-0.4, -0.2) is 32.9 Å². The second-order valence-corrected chi connectivity index (χ2v) is 19.5. The van der Waals surface area contributed by atoms with Gasteiger partial charge >= 0.3 is 5.97 Å². The lowest BCUT2D eigenvalue weighted by Gasteiger charge is -2.29. The molecular weight excluding hydrogens is 769 g/mol. The van der Waals surface area contributed by atoms with Crippen molar-refractivity contribution in [1.82, 2.24) is 9.97 Å². The van der Waals surface area contributed by atoms with Crippen LogP contribution in [0.2, 0.25) is 0 Å². The summed E-state index contributed by atoms with van der Waals surface area (Å²) in [5, 5.41) is 17.2. The van der Waals surface area contributed by atoms with E-state index in [4.69, 9.17) is 4.74 Å². The number of nitrogens with one attached hydrogen (secondary N) is 4. The molecule has 11 heteroatoms. The molecule has 320 valence electrons. The lowest BCUT2D eigenvalue weighted by molar-refractivity contribution is -0.131. The van der Waals surface area contributed by atoms with Crippen LogP contribution in [0.4, 0.5) is 11.4 Å². The van der Waals surface area contributed by atoms with Crippen LogP contribution in [0, 0.1) is 0 Å². The number of aromatic nitrogens is 2. The third-order valence-electron chi connectivity index (χ3n) is 10.3. The molecule has 0 fully saturated rings. The van der Waals surface area contributed by atoms with Crippen molar-refractivity contribution in [2.45, 2.75) is 112 Å². The lowest BCUT2D eigenvalue weighted by Crippen LogP contribution is -2.25. The van der Waals surface area contributed by atoms with Gasteiger partial charge in [-0.1, -0.05) is 107 Å². The van der Waals surface area contributed by atoms with Gasteiger partial charge in [-0.3, -0.25) is 24.0 Å². The predicted molar refractivity (Wildman–Crippen MR) is 246 cm³/mol. The van der Waals surface area contributed by atoms with E-state index in [1.165, 1.54) is 19.3 Å². The van der Waals surface area contributed by atoms with Crippen molar-refractivity contribution in [3.05, 3.63) is 139 Å². The molecule has 0 unspecified atom stereocenters. The molecule has 0 aliphatic rings. The Kier molecular flexibility index (Phi) is 12.6. The summed E-state index contributed by atoms with van der Waals surface area (Å²) in [4.78, 5) is 69.5. The number of hydrogen-bond acceptors (Lipinski definition) is 7. The second kappa shape index (κ2) is 16.9. The highest BCUT2D eigenvalue weighted by atomic mass is 16.5. The number of para-hydroxylation sites is 2. The molecule has 2 amide bonds. The lowest BCUT2D eigenvalue weighted by atomic mass is 9.79. The summed E-state index contributed by atoms with van der Waals surface area (Å²) < 4.78 is 5.49. The summed E-state index contributed by atoms with van der Waals surface area (Å²) in [5.74, 6) is -0.971. The van der Waals surface area contributed by atoms with Crippen LogP contribution in [0.3, 0.4) is 0 Å². The standard InChI is InChI=1S/C26H30N2O4.C24H28N2O3/c1-15(29)32-22-13-21(18(25(2,3)4)12-19(22)26(5,6)7)28-24(31)17-14-27-20-11-9-8-10-16(20)23(17)30;1-23(2,3)16-11-17(24(4,5)6)20(27)12-19(16)26-22(29)15-13-25-18-10-8-7-9-14(18)21(15)28/h8-14H,1-7H3,(H,27,30)(H,28,31);7-13,27H,1-6H3,(H,25,28)(H,26,29). The van der Waals surface area contributed by atoms with Gasteiger partial charge in [0, 0.05) is 70.2 Å². The van der Waals surface area contributed by atoms with Gasteiger partial charge in [-0.25, -0.2) is 0 Å². The van der Waals surface area contributed by atoms with E-state index in [1.807, 2.05) is 107 Å². The summed E-state index contributed by atoms with van der Waals surface area (Å²) in [6, 6.07) is 21.3. The summed E-state index contributed by atoms with van der Waals surface area (Å²) in [6.07, 6.45) is 2.85. The second-order valence-electron chi connectivity index (χ2n) is 19.5. The van der Waals surface area contributed by atoms with Crippen LogP contribution in [0.1, 0.15) is 133 Å². The molecule has 0 saturated carbocycles. The average Bonchev–Trinajstić information content (AvgIpc) is 3.13. The van der Waals surface area contributed by atoms with E-state index in [9.17, 15) is 29.1 Å². The molecule has 0 atom stereocenters. The molecule has 6 rings (SSSR count). The third-order valence-corrected chi connectivity index (χ3v) is 10.3. The molecule has 0 spiro atoms. The number of ether oxygens (including phenoxy) is 1. The van der Waals surface area contributed by atoms with E-state index < -0.39 is 17.8 Å². The summed E-state index contributed by atoms with van der Waals surface area (Å²) >= 11 is 0. The first kappa shape index (κ1) is 45.6. The Morgan fingerprint density at radius 2 is 0.918 bits per heavy atom. The number of hydrogen-bond donors (Lipinski definition) is 5. The fraction of sp³-hybridized carbons (Fsp3) is 0.340. The molecule has 5 N–H and O–H groups in total. The number of carbonyl (C=O) groups is 3. The topological polar surface area (TPSA) is 170 Å². The van der Waals surface area contributed by atoms with Gasteiger partial charge in [-0.05, 0) is 74.7 Å². The van der Waals surface area contributed by atoms with Crippen molar-refractivity contribution < 1.29 is 24.2 Å². The molecule has 0 aliphatic carbocycles. The highest BCUT2D eigenvalue weighted by Crippen LogP contribution is 2.41. The normalized spacial score (nSPS) is 12.1. The summed E-state index contributed by atoms with van der Waals surface area (Å²) in [5.41, 5.74) is 4.03. The van der Waals surface area contributed by atoms with Gasteiger partial charge in [0.1, 0.15) is 22.6 Å². The fourth-order valence-electron chi connectivity index (χ4n) is 7.09. The maximum absolute atomic E-state index is 13.1. The first-order valence-corrected chi connectivity index (χ1v) is 20.3. The number of benzene rings is 4. The number of esters is 1. The molecular formula is C50H58N4O7. The Labute approximate surface area is 357 Å². The van der Waals surface area contributed by atoms with Crippen molar-refractivity contribution in [2.24, 2.45) is 0 Å². The number of fused-ring (bicyclic) bond motifs is 2. The average molecular weight is 827 g/mol. The Morgan fingerprint density at radius 1 is 0.541 bits per heavy atom. The number of pyridine rings is 2. The third kappa shape index (κ3) is 10.3. The van der Waals surface area contributed by atoms with Crippen molar-refractivity contribution >= 4 is 51.0 Å². The number of H-pyrrole nitrogens is 2. The maximum Gasteiger partial charge on any atom is 0.308 e. The fourth-order valence-corrected chi connectivity index (χ4v) is 7.09. The molecule has 61 heavy (non-hydrogen) atoms. The Balaban J connectivity index is 0.000000232. The molecule has 11 nitrogen and oxygen atoms in total. The number of anilines is 2. The number of aromatic hydroxyl groups is 1. The molecule has 0 saturated heterocycles. The molecule has 0 radical (unpaired) electrons. The highest BCUT2D eigenvalue weighted by molar-refractivity contribution is 6.07. The first-order chi connectivity index (χ1) is 28.2.